The summed E-state index contributed by atoms with van der Waals surface area (Å²) in [7, 11) is 0. The summed E-state index contributed by atoms with van der Waals surface area (Å²) in [6, 6.07) is 7.73. The molecule has 2 amide bonds. The Hall–Kier alpha value is -3.01. The van der Waals surface area contributed by atoms with Crippen LogP contribution >= 0.6 is 0 Å². The summed E-state index contributed by atoms with van der Waals surface area (Å²) >= 11 is 0. The maximum Gasteiger partial charge on any atom is 0.573 e. The van der Waals surface area contributed by atoms with E-state index in [0.29, 0.717) is 31.9 Å². The number of furan rings is 1. The zero-order chi connectivity index (χ0) is 21.0. The number of piperazine rings is 1. The van der Waals surface area contributed by atoms with Crippen LogP contribution in [0.3, 0.4) is 0 Å². The Balaban J connectivity index is 1.50. The van der Waals surface area contributed by atoms with Crippen molar-refractivity contribution in [2.24, 2.45) is 0 Å². The molecule has 1 N–H and O–H groups in total. The molecule has 0 aliphatic carbocycles. The van der Waals surface area contributed by atoms with Gasteiger partial charge in [-0.1, -0.05) is 0 Å². The van der Waals surface area contributed by atoms with Crippen LogP contribution in [0, 0.1) is 0 Å². The monoisotopic (exact) mass is 411 g/mol. The Morgan fingerprint density at radius 1 is 1.10 bits per heavy atom. The van der Waals surface area contributed by atoms with Crippen molar-refractivity contribution in [1.82, 2.24) is 9.80 Å². The van der Waals surface area contributed by atoms with E-state index in [9.17, 15) is 22.8 Å². The van der Waals surface area contributed by atoms with Gasteiger partial charge in [0.25, 0.3) is 5.91 Å². The van der Waals surface area contributed by atoms with Crippen molar-refractivity contribution < 1.29 is 31.9 Å². The number of rotatable bonds is 5. The van der Waals surface area contributed by atoms with Crippen LogP contribution in [-0.2, 0) is 4.79 Å². The third-order valence-electron chi connectivity index (χ3n) is 4.62. The number of anilines is 1. The van der Waals surface area contributed by atoms with Gasteiger partial charge < -0.3 is 19.4 Å². The van der Waals surface area contributed by atoms with Gasteiger partial charge in [0, 0.05) is 31.9 Å². The van der Waals surface area contributed by atoms with Crippen molar-refractivity contribution >= 4 is 17.5 Å². The van der Waals surface area contributed by atoms with E-state index in [1.165, 1.54) is 18.4 Å². The molecule has 1 aromatic heterocycles. The van der Waals surface area contributed by atoms with Gasteiger partial charge in [-0.05, 0) is 43.3 Å². The average Bonchev–Trinajstić information content (AvgIpc) is 3.22. The Kier molecular flexibility index (Phi) is 6.12. The first-order valence-electron chi connectivity index (χ1n) is 8.96. The molecular weight excluding hydrogens is 391 g/mol. The molecule has 1 unspecified atom stereocenters. The van der Waals surface area contributed by atoms with Gasteiger partial charge in [0.2, 0.25) is 5.91 Å². The first kappa shape index (κ1) is 20.7. The standard InChI is InChI=1S/C19H20F3N3O4/c1-13(17(26)23-14-4-6-15(7-5-14)29-19(20,21)22)24-8-10-25(11-9-24)18(27)16-3-2-12-28-16/h2-7,12-13H,8-11H2,1H3,(H,23,26). The second kappa shape index (κ2) is 8.56. The summed E-state index contributed by atoms with van der Waals surface area (Å²) in [4.78, 5) is 28.3. The number of carbonyl (C=O) groups excluding carboxylic acids is 2. The fraction of sp³-hybridized carbons (Fsp3) is 0.368. The molecule has 0 spiro atoms. The summed E-state index contributed by atoms with van der Waals surface area (Å²) < 4.78 is 45.5. The highest BCUT2D eigenvalue weighted by Crippen LogP contribution is 2.24. The maximum atomic E-state index is 12.5. The molecule has 2 aromatic rings. The van der Waals surface area contributed by atoms with Crippen molar-refractivity contribution in [2.45, 2.75) is 19.3 Å². The lowest BCUT2D eigenvalue weighted by Crippen LogP contribution is -2.54. The van der Waals surface area contributed by atoms with E-state index in [1.807, 2.05) is 4.90 Å². The van der Waals surface area contributed by atoms with Crippen molar-refractivity contribution in [3.05, 3.63) is 48.4 Å². The number of hydrogen-bond donors (Lipinski definition) is 1. The topological polar surface area (TPSA) is 75.0 Å². The van der Waals surface area contributed by atoms with Gasteiger partial charge in [-0.2, -0.15) is 0 Å². The smallest absolute Gasteiger partial charge is 0.459 e. The van der Waals surface area contributed by atoms with E-state index in [2.05, 4.69) is 10.1 Å². The van der Waals surface area contributed by atoms with E-state index in [4.69, 9.17) is 4.42 Å². The fourth-order valence-electron chi connectivity index (χ4n) is 3.02. The number of benzene rings is 1. The van der Waals surface area contributed by atoms with Crippen LogP contribution < -0.4 is 10.1 Å². The lowest BCUT2D eigenvalue weighted by atomic mass is 10.2. The van der Waals surface area contributed by atoms with Crippen LogP contribution in [0.2, 0.25) is 0 Å². The molecule has 1 fully saturated rings. The van der Waals surface area contributed by atoms with Gasteiger partial charge >= 0.3 is 6.36 Å². The van der Waals surface area contributed by atoms with Gasteiger partial charge in [0.15, 0.2) is 5.76 Å². The first-order chi connectivity index (χ1) is 13.7. The zero-order valence-electron chi connectivity index (χ0n) is 15.6. The highest BCUT2D eigenvalue weighted by atomic mass is 19.4. The highest BCUT2D eigenvalue weighted by molar-refractivity contribution is 5.94. The lowest BCUT2D eigenvalue weighted by Gasteiger charge is -2.37. The number of alkyl halides is 3. The summed E-state index contributed by atoms with van der Waals surface area (Å²) in [5, 5.41) is 2.67. The second-order valence-electron chi connectivity index (χ2n) is 6.54. The molecule has 1 aliphatic heterocycles. The summed E-state index contributed by atoms with van der Waals surface area (Å²) in [6.45, 7) is 3.68. The Labute approximate surface area is 165 Å². The van der Waals surface area contributed by atoms with Gasteiger partial charge in [-0.3, -0.25) is 14.5 Å². The molecule has 1 aromatic carbocycles. The molecule has 2 heterocycles. The molecule has 10 heteroatoms. The van der Waals surface area contributed by atoms with Crippen LogP contribution in [0.1, 0.15) is 17.5 Å². The number of amides is 2. The van der Waals surface area contributed by atoms with Gasteiger partial charge in [-0.25, -0.2) is 0 Å². The molecule has 1 atom stereocenters. The molecule has 1 saturated heterocycles. The van der Waals surface area contributed by atoms with Crippen molar-refractivity contribution in [3.8, 4) is 5.75 Å². The Morgan fingerprint density at radius 2 is 1.76 bits per heavy atom. The van der Waals surface area contributed by atoms with E-state index in [-0.39, 0.29) is 23.3 Å². The Bertz CT molecular complexity index is 829. The normalized spacial score (nSPS) is 16.3. The lowest BCUT2D eigenvalue weighted by molar-refractivity contribution is -0.274. The average molecular weight is 411 g/mol. The fourth-order valence-corrected chi connectivity index (χ4v) is 3.02. The third-order valence-corrected chi connectivity index (χ3v) is 4.62. The number of nitrogens with one attached hydrogen (secondary N) is 1. The van der Waals surface area contributed by atoms with E-state index in [0.717, 1.165) is 12.1 Å². The zero-order valence-corrected chi connectivity index (χ0v) is 15.6. The minimum Gasteiger partial charge on any atom is -0.459 e. The van der Waals surface area contributed by atoms with E-state index < -0.39 is 12.4 Å². The molecule has 7 nitrogen and oxygen atoms in total. The van der Waals surface area contributed by atoms with E-state index >= 15 is 0 Å². The molecule has 29 heavy (non-hydrogen) atoms. The van der Waals surface area contributed by atoms with Gasteiger partial charge in [0.05, 0.1) is 12.3 Å². The van der Waals surface area contributed by atoms with Crippen molar-refractivity contribution in [2.75, 3.05) is 31.5 Å². The third kappa shape index (κ3) is 5.50. The number of ether oxygens (including phenoxy) is 1. The number of nitrogens with zero attached hydrogens (tertiary/aromatic N) is 2. The SMILES string of the molecule is CC(C(=O)Nc1ccc(OC(F)(F)F)cc1)N1CCN(C(=O)c2ccco2)CC1. The van der Waals surface area contributed by atoms with Crippen LogP contribution in [0.5, 0.6) is 5.75 Å². The molecular formula is C19H20F3N3O4. The second-order valence-corrected chi connectivity index (χ2v) is 6.54. The van der Waals surface area contributed by atoms with Crippen molar-refractivity contribution in [3.63, 3.8) is 0 Å². The van der Waals surface area contributed by atoms with Gasteiger partial charge in [-0.15, -0.1) is 13.2 Å². The van der Waals surface area contributed by atoms with Crippen LogP contribution in [-0.4, -0.2) is 60.2 Å². The first-order valence-corrected chi connectivity index (χ1v) is 8.96. The largest absolute Gasteiger partial charge is 0.573 e. The van der Waals surface area contributed by atoms with Crippen LogP contribution in [0.25, 0.3) is 0 Å². The predicted octanol–water partition coefficient (Wildman–Crippen LogP) is 2.96. The van der Waals surface area contributed by atoms with E-state index in [1.54, 1.807) is 24.0 Å². The molecule has 0 radical (unpaired) electrons. The number of hydrogen-bond acceptors (Lipinski definition) is 5. The minimum absolute atomic E-state index is 0.187. The number of halogens is 3. The Morgan fingerprint density at radius 3 is 2.31 bits per heavy atom. The molecule has 3 rings (SSSR count). The minimum atomic E-state index is -4.76. The quantitative estimate of drug-likeness (QED) is 0.819. The summed E-state index contributed by atoms with van der Waals surface area (Å²) in [5.41, 5.74) is 0.364. The molecule has 0 saturated carbocycles. The maximum absolute atomic E-state index is 12.5. The summed E-state index contributed by atoms with van der Waals surface area (Å²) in [5.74, 6) is -0.559. The molecule has 156 valence electrons. The van der Waals surface area contributed by atoms with Crippen LogP contribution in [0.4, 0.5) is 18.9 Å². The summed E-state index contributed by atoms with van der Waals surface area (Å²) in [6.07, 6.45) is -3.32. The number of carbonyl (C=O) groups is 2. The molecule has 0 bridgehead atoms. The van der Waals surface area contributed by atoms with Crippen molar-refractivity contribution in [1.29, 1.82) is 0 Å². The van der Waals surface area contributed by atoms with Gasteiger partial charge in [0.1, 0.15) is 5.75 Å². The predicted molar refractivity (Wildman–Crippen MR) is 97.4 cm³/mol. The van der Waals surface area contributed by atoms with Crippen LogP contribution in [0.15, 0.2) is 47.1 Å². The highest BCUT2D eigenvalue weighted by Gasteiger charge is 2.31. The molecule has 1 aliphatic rings.